The van der Waals surface area contributed by atoms with E-state index in [4.69, 9.17) is 0 Å². The van der Waals surface area contributed by atoms with Crippen LogP contribution in [0.1, 0.15) is 25.7 Å². The summed E-state index contributed by atoms with van der Waals surface area (Å²) in [6.07, 6.45) is 7.38. The van der Waals surface area contributed by atoms with Crippen LogP contribution in [0.4, 0.5) is 0 Å². The zero-order valence-electron chi connectivity index (χ0n) is 6.94. The second-order valence-electron chi connectivity index (χ2n) is 3.34. The monoisotopic (exact) mass is 167 g/mol. The van der Waals surface area contributed by atoms with E-state index in [1.165, 1.54) is 25.7 Å². The smallest absolute Gasteiger partial charge is 0.173 e. The van der Waals surface area contributed by atoms with Crippen LogP contribution in [0.3, 0.4) is 0 Å². The summed E-state index contributed by atoms with van der Waals surface area (Å²) in [6.45, 7) is 0. The number of aldehydes is 1. The van der Waals surface area contributed by atoms with Gasteiger partial charge in [0.05, 0.1) is 0 Å². The van der Waals surface area contributed by atoms with Crippen LogP contribution in [0.5, 0.6) is 0 Å². The molecule has 66 valence electrons. The summed E-state index contributed by atoms with van der Waals surface area (Å²) in [5, 5.41) is 3.88. The van der Waals surface area contributed by atoms with Gasteiger partial charge in [-0.05, 0) is 12.8 Å². The minimum absolute atomic E-state index is 0.215. The molecule has 1 saturated carbocycles. The number of rotatable bonds is 2. The largest absolute Gasteiger partial charge is 0.331 e. The molecule has 0 aromatic heterocycles. The van der Waals surface area contributed by atoms with E-state index in [1.807, 2.05) is 4.90 Å². The highest BCUT2D eigenvalue weighted by Gasteiger charge is 2.28. The van der Waals surface area contributed by atoms with Crippen molar-refractivity contribution in [1.82, 2.24) is 10.3 Å². The first-order valence-corrected chi connectivity index (χ1v) is 4.43. The molecule has 0 bridgehead atoms. The van der Waals surface area contributed by atoms with Gasteiger partial charge in [0.2, 0.25) is 0 Å². The Bertz CT molecular complexity index is 198. The van der Waals surface area contributed by atoms with E-state index in [0.717, 1.165) is 6.29 Å². The van der Waals surface area contributed by atoms with Crippen LogP contribution in [-0.4, -0.2) is 29.7 Å². The van der Waals surface area contributed by atoms with Crippen LogP contribution in [0.2, 0.25) is 0 Å². The molecule has 1 aliphatic carbocycles. The van der Waals surface area contributed by atoms with Crippen LogP contribution in [-0.2, 0) is 4.79 Å². The highest BCUT2D eigenvalue weighted by atomic mass is 16.1. The fraction of sp³-hybridized carbons (Fsp3) is 0.750. The molecule has 0 saturated heterocycles. The summed E-state index contributed by atoms with van der Waals surface area (Å²) in [5.41, 5.74) is 2.76. The Morgan fingerprint density at radius 3 is 2.92 bits per heavy atom. The SMILES string of the molecule is O=CC1NN=CN1C1CCCC1. The summed E-state index contributed by atoms with van der Waals surface area (Å²) in [7, 11) is 0. The van der Waals surface area contributed by atoms with Gasteiger partial charge in [-0.25, -0.2) is 0 Å². The Balaban J connectivity index is 2.00. The molecular formula is C8H13N3O. The van der Waals surface area contributed by atoms with Gasteiger partial charge >= 0.3 is 0 Å². The predicted molar refractivity (Wildman–Crippen MR) is 45.6 cm³/mol. The van der Waals surface area contributed by atoms with Crippen molar-refractivity contribution in [2.45, 2.75) is 37.9 Å². The average molecular weight is 167 g/mol. The van der Waals surface area contributed by atoms with E-state index in [-0.39, 0.29) is 6.17 Å². The summed E-state index contributed by atoms with van der Waals surface area (Å²) in [5.74, 6) is 0. The van der Waals surface area contributed by atoms with Crippen molar-refractivity contribution in [3.8, 4) is 0 Å². The van der Waals surface area contributed by atoms with Gasteiger partial charge in [0.1, 0.15) is 6.34 Å². The number of hydrazone groups is 1. The summed E-state index contributed by atoms with van der Waals surface area (Å²) in [6, 6.07) is 0.527. The molecule has 4 heteroatoms. The van der Waals surface area contributed by atoms with Gasteiger partial charge in [-0.2, -0.15) is 5.10 Å². The molecule has 1 atom stereocenters. The summed E-state index contributed by atoms with van der Waals surface area (Å²) in [4.78, 5) is 12.6. The van der Waals surface area contributed by atoms with Crippen molar-refractivity contribution >= 4 is 12.6 Å². The standard InChI is InChI=1S/C8H13N3O/c12-5-8-10-9-6-11(8)7-3-1-2-4-7/h5-8,10H,1-4H2. The maximum atomic E-state index is 10.6. The molecule has 0 spiro atoms. The lowest BCUT2D eigenvalue weighted by atomic mass is 10.2. The molecule has 1 N–H and O–H groups in total. The van der Waals surface area contributed by atoms with Crippen LogP contribution in [0.25, 0.3) is 0 Å². The Kier molecular flexibility index (Phi) is 1.98. The van der Waals surface area contributed by atoms with Crippen LogP contribution >= 0.6 is 0 Å². The van der Waals surface area contributed by atoms with Crippen molar-refractivity contribution in [2.75, 3.05) is 0 Å². The lowest BCUT2D eigenvalue weighted by Gasteiger charge is -2.25. The molecule has 1 fully saturated rings. The molecule has 0 amide bonds. The fourth-order valence-corrected chi connectivity index (χ4v) is 1.94. The van der Waals surface area contributed by atoms with Crippen molar-refractivity contribution in [3.05, 3.63) is 0 Å². The third kappa shape index (κ3) is 1.17. The molecule has 4 nitrogen and oxygen atoms in total. The first kappa shape index (κ1) is 7.58. The van der Waals surface area contributed by atoms with Gasteiger partial charge in [0.15, 0.2) is 12.5 Å². The van der Waals surface area contributed by atoms with Crippen molar-refractivity contribution < 1.29 is 4.79 Å². The highest BCUT2D eigenvalue weighted by molar-refractivity contribution is 5.68. The average Bonchev–Trinajstić information content (AvgIpc) is 2.74. The topological polar surface area (TPSA) is 44.7 Å². The van der Waals surface area contributed by atoms with Gasteiger partial charge in [-0.3, -0.25) is 10.2 Å². The molecule has 2 rings (SSSR count). The van der Waals surface area contributed by atoms with Gasteiger partial charge in [0, 0.05) is 6.04 Å². The van der Waals surface area contributed by atoms with Gasteiger partial charge in [-0.15, -0.1) is 0 Å². The van der Waals surface area contributed by atoms with E-state index in [9.17, 15) is 4.79 Å². The maximum Gasteiger partial charge on any atom is 0.173 e. The molecule has 1 aliphatic heterocycles. The number of hydrogen-bond acceptors (Lipinski definition) is 4. The minimum Gasteiger partial charge on any atom is -0.331 e. The molecule has 0 aromatic rings. The second-order valence-corrected chi connectivity index (χ2v) is 3.34. The van der Waals surface area contributed by atoms with Crippen LogP contribution in [0, 0.1) is 0 Å². The Morgan fingerprint density at radius 1 is 1.50 bits per heavy atom. The number of nitrogens with zero attached hydrogens (tertiary/aromatic N) is 2. The van der Waals surface area contributed by atoms with Gasteiger partial charge in [-0.1, -0.05) is 12.8 Å². The molecule has 1 heterocycles. The number of carbonyl (C=O) groups is 1. The Hall–Kier alpha value is -1.06. The Morgan fingerprint density at radius 2 is 2.25 bits per heavy atom. The molecule has 1 unspecified atom stereocenters. The quantitative estimate of drug-likeness (QED) is 0.602. The van der Waals surface area contributed by atoms with Crippen LogP contribution < -0.4 is 5.43 Å². The summed E-state index contributed by atoms with van der Waals surface area (Å²) < 4.78 is 0. The fourth-order valence-electron chi connectivity index (χ4n) is 1.94. The lowest BCUT2D eigenvalue weighted by molar-refractivity contribution is -0.112. The number of nitrogens with one attached hydrogen (secondary N) is 1. The predicted octanol–water partition coefficient (Wildman–Crippen LogP) is 0.302. The van der Waals surface area contributed by atoms with E-state index >= 15 is 0 Å². The molecule has 0 radical (unpaired) electrons. The number of carbonyl (C=O) groups excluding carboxylic acids is 1. The van der Waals surface area contributed by atoms with Gasteiger partial charge in [0.25, 0.3) is 0 Å². The van der Waals surface area contributed by atoms with Crippen molar-refractivity contribution in [1.29, 1.82) is 0 Å². The second kappa shape index (κ2) is 3.13. The van der Waals surface area contributed by atoms with E-state index in [1.54, 1.807) is 6.34 Å². The minimum atomic E-state index is -0.215. The molecule has 0 aromatic carbocycles. The van der Waals surface area contributed by atoms with Crippen LogP contribution in [0.15, 0.2) is 5.10 Å². The van der Waals surface area contributed by atoms with Crippen molar-refractivity contribution in [3.63, 3.8) is 0 Å². The summed E-state index contributed by atoms with van der Waals surface area (Å²) >= 11 is 0. The zero-order valence-corrected chi connectivity index (χ0v) is 6.94. The van der Waals surface area contributed by atoms with E-state index < -0.39 is 0 Å². The Labute approximate surface area is 71.6 Å². The normalized spacial score (nSPS) is 29.3. The highest BCUT2D eigenvalue weighted by Crippen LogP contribution is 2.24. The third-order valence-corrected chi connectivity index (χ3v) is 2.59. The first-order chi connectivity index (χ1) is 5.92. The molecular weight excluding hydrogens is 154 g/mol. The first-order valence-electron chi connectivity index (χ1n) is 4.43. The van der Waals surface area contributed by atoms with E-state index in [0.29, 0.717) is 6.04 Å². The zero-order chi connectivity index (χ0) is 8.39. The van der Waals surface area contributed by atoms with Gasteiger partial charge < -0.3 is 4.90 Å². The molecule has 12 heavy (non-hydrogen) atoms. The van der Waals surface area contributed by atoms with Crippen molar-refractivity contribution in [2.24, 2.45) is 5.10 Å². The third-order valence-electron chi connectivity index (χ3n) is 2.59. The maximum absolute atomic E-state index is 10.6. The molecule has 2 aliphatic rings. The van der Waals surface area contributed by atoms with E-state index in [2.05, 4.69) is 10.5 Å². The lowest BCUT2D eigenvalue weighted by Crippen LogP contribution is -2.43. The number of hydrogen-bond donors (Lipinski definition) is 1.